The summed E-state index contributed by atoms with van der Waals surface area (Å²) in [7, 11) is -3.78. The van der Waals surface area contributed by atoms with E-state index in [-0.39, 0.29) is 17.0 Å². The van der Waals surface area contributed by atoms with Gasteiger partial charge in [-0.15, -0.1) is 0 Å². The van der Waals surface area contributed by atoms with Crippen LogP contribution in [-0.4, -0.2) is 30.5 Å². The van der Waals surface area contributed by atoms with Crippen molar-refractivity contribution in [3.8, 4) is 0 Å². The Morgan fingerprint density at radius 2 is 1.79 bits per heavy atom. The molecule has 0 aliphatic rings. The fraction of sp³-hybridized carbons (Fsp3) is 0.167. The molecule has 3 aromatic carbocycles. The number of hydrogen-bond donors (Lipinski definition) is 0. The molecule has 0 radical (unpaired) electrons. The standard InChI is InChI=1S/C24H21N3O5S2/c1-15-9-16(2)22-21(10-15)25-24(33-22)26(14-17-7-5-4-6-8-17)23(28)18-11-19(27(29)30)13-20(12-18)34(3,31)32/h4-13H,14H2,1-3H3. The first-order valence-electron chi connectivity index (χ1n) is 10.3. The summed E-state index contributed by atoms with van der Waals surface area (Å²) in [5, 5.41) is 11.9. The van der Waals surface area contributed by atoms with Gasteiger partial charge in [-0.3, -0.25) is 19.8 Å². The molecule has 0 fully saturated rings. The van der Waals surface area contributed by atoms with Gasteiger partial charge in [-0.1, -0.05) is 47.7 Å². The average molecular weight is 496 g/mol. The number of amides is 1. The minimum absolute atomic E-state index is 0.0993. The highest BCUT2D eigenvalue weighted by Gasteiger charge is 2.26. The van der Waals surface area contributed by atoms with E-state index in [1.807, 2.05) is 56.3 Å². The van der Waals surface area contributed by atoms with Crippen molar-refractivity contribution in [2.24, 2.45) is 0 Å². The number of non-ortho nitro benzene ring substituents is 1. The number of nitrogens with zero attached hydrogens (tertiary/aromatic N) is 3. The van der Waals surface area contributed by atoms with E-state index in [1.165, 1.54) is 22.3 Å². The molecule has 1 amide bonds. The maximum atomic E-state index is 13.7. The van der Waals surface area contributed by atoms with Crippen LogP contribution in [0.1, 0.15) is 27.0 Å². The number of nitro benzene ring substituents is 1. The number of nitro groups is 1. The van der Waals surface area contributed by atoms with Crippen molar-refractivity contribution in [3.05, 3.63) is 93.0 Å². The van der Waals surface area contributed by atoms with E-state index in [2.05, 4.69) is 4.98 Å². The Bertz CT molecular complexity index is 1530. The number of carbonyl (C=O) groups excluding carboxylic acids is 1. The molecule has 0 saturated heterocycles. The molecule has 0 aliphatic carbocycles. The van der Waals surface area contributed by atoms with E-state index < -0.39 is 26.4 Å². The lowest BCUT2D eigenvalue weighted by molar-refractivity contribution is -0.385. The van der Waals surface area contributed by atoms with Crippen LogP contribution in [0.4, 0.5) is 10.8 Å². The Hall–Kier alpha value is -3.63. The van der Waals surface area contributed by atoms with Crippen molar-refractivity contribution in [1.82, 2.24) is 4.98 Å². The first-order valence-corrected chi connectivity index (χ1v) is 13.0. The molecule has 1 heterocycles. The van der Waals surface area contributed by atoms with Gasteiger partial charge >= 0.3 is 0 Å². The van der Waals surface area contributed by atoms with Gasteiger partial charge in [-0.25, -0.2) is 13.4 Å². The highest BCUT2D eigenvalue weighted by Crippen LogP contribution is 2.34. The van der Waals surface area contributed by atoms with Gasteiger partial charge in [0.25, 0.3) is 11.6 Å². The first kappa shape index (κ1) is 23.5. The molecule has 0 N–H and O–H groups in total. The molecule has 0 aliphatic heterocycles. The lowest BCUT2D eigenvalue weighted by Crippen LogP contribution is -2.30. The predicted octanol–water partition coefficient (Wildman–Crippen LogP) is 5.07. The second-order valence-corrected chi connectivity index (χ2v) is 11.0. The van der Waals surface area contributed by atoms with Crippen LogP contribution in [0.2, 0.25) is 0 Å². The Morgan fingerprint density at radius 1 is 1.09 bits per heavy atom. The average Bonchev–Trinajstić information content (AvgIpc) is 3.21. The molecule has 174 valence electrons. The van der Waals surface area contributed by atoms with Crippen LogP contribution in [0.15, 0.2) is 65.6 Å². The lowest BCUT2D eigenvalue weighted by Gasteiger charge is -2.20. The molecular formula is C24H21N3O5S2. The molecule has 0 spiro atoms. The van der Waals surface area contributed by atoms with E-state index in [0.717, 1.165) is 45.3 Å². The molecule has 10 heteroatoms. The second-order valence-electron chi connectivity index (χ2n) is 8.05. The van der Waals surface area contributed by atoms with Gasteiger partial charge in [-0.05, 0) is 42.7 Å². The Morgan fingerprint density at radius 3 is 2.44 bits per heavy atom. The number of benzene rings is 3. The van der Waals surface area contributed by atoms with Crippen molar-refractivity contribution < 1.29 is 18.1 Å². The van der Waals surface area contributed by atoms with E-state index in [9.17, 15) is 23.3 Å². The summed E-state index contributed by atoms with van der Waals surface area (Å²) in [4.78, 5) is 30.3. The van der Waals surface area contributed by atoms with Crippen LogP contribution in [-0.2, 0) is 16.4 Å². The molecule has 0 saturated carbocycles. The number of anilines is 1. The zero-order valence-corrected chi connectivity index (χ0v) is 20.3. The third-order valence-electron chi connectivity index (χ3n) is 5.25. The number of aryl methyl sites for hydroxylation is 2. The van der Waals surface area contributed by atoms with Gasteiger partial charge in [0.1, 0.15) is 0 Å². The molecule has 34 heavy (non-hydrogen) atoms. The predicted molar refractivity (Wildman–Crippen MR) is 132 cm³/mol. The molecule has 0 atom stereocenters. The van der Waals surface area contributed by atoms with Crippen LogP contribution in [0.3, 0.4) is 0 Å². The van der Waals surface area contributed by atoms with Crippen molar-refractivity contribution >= 4 is 48.1 Å². The van der Waals surface area contributed by atoms with Gasteiger partial charge in [-0.2, -0.15) is 0 Å². The van der Waals surface area contributed by atoms with Crippen molar-refractivity contribution in [1.29, 1.82) is 0 Å². The summed E-state index contributed by atoms with van der Waals surface area (Å²) in [5.41, 5.74) is 3.08. The number of carbonyl (C=O) groups is 1. The molecule has 1 aromatic heterocycles. The van der Waals surface area contributed by atoms with E-state index >= 15 is 0 Å². The van der Waals surface area contributed by atoms with E-state index in [1.54, 1.807) is 0 Å². The number of sulfone groups is 1. The first-order chi connectivity index (χ1) is 16.0. The highest BCUT2D eigenvalue weighted by atomic mass is 32.2. The summed E-state index contributed by atoms with van der Waals surface area (Å²) in [6.07, 6.45) is 0.945. The van der Waals surface area contributed by atoms with E-state index in [4.69, 9.17) is 0 Å². The minimum atomic E-state index is -3.78. The summed E-state index contributed by atoms with van der Waals surface area (Å²) >= 11 is 1.35. The van der Waals surface area contributed by atoms with Crippen molar-refractivity contribution in [2.45, 2.75) is 25.3 Å². The molecule has 0 unspecified atom stereocenters. The van der Waals surface area contributed by atoms with Gasteiger partial charge in [0.2, 0.25) is 0 Å². The Kier molecular flexibility index (Phi) is 6.20. The summed E-state index contributed by atoms with van der Waals surface area (Å²) < 4.78 is 25.2. The monoisotopic (exact) mass is 495 g/mol. The summed E-state index contributed by atoms with van der Waals surface area (Å²) in [5.74, 6) is -0.578. The van der Waals surface area contributed by atoms with Crippen LogP contribution < -0.4 is 4.90 Å². The fourth-order valence-electron chi connectivity index (χ4n) is 3.65. The molecular weight excluding hydrogens is 474 g/mol. The molecule has 8 nitrogen and oxygen atoms in total. The fourth-order valence-corrected chi connectivity index (χ4v) is 5.34. The zero-order valence-electron chi connectivity index (χ0n) is 18.7. The SMILES string of the molecule is Cc1cc(C)c2sc(N(Cc3ccccc3)C(=O)c3cc([N+](=O)[O-])cc(S(C)(=O)=O)c3)nc2c1. The number of hydrogen-bond acceptors (Lipinski definition) is 7. The Balaban J connectivity index is 1.88. The maximum Gasteiger partial charge on any atom is 0.271 e. The van der Waals surface area contributed by atoms with E-state index in [0.29, 0.717) is 5.13 Å². The van der Waals surface area contributed by atoms with Gasteiger partial charge in [0.15, 0.2) is 15.0 Å². The van der Waals surface area contributed by atoms with Crippen LogP contribution in [0.25, 0.3) is 10.2 Å². The van der Waals surface area contributed by atoms with Crippen LogP contribution >= 0.6 is 11.3 Å². The smallest absolute Gasteiger partial charge is 0.271 e. The number of rotatable bonds is 6. The van der Waals surface area contributed by atoms with Crippen LogP contribution in [0.5, 0.6) is 0 Å². The summed E-state index contributed by atoms with van der Waals surface area (Å²) in [6, 6.07) is 16.5. The quantitative estimate of drug-likeness (QED) is 0.273. The third-order valence-corrected chi connectivity index (χ3v) is 7.57. The summed E-state index contributed by atoms with van der Waals surface area (Å²) in [6.45, 7) is 4.10. The zero-order chi connectivity index (χ0) is 24.6. The van der Waals surface area contributed by atoms with Crippen LogP contribution in [0, 0.1) is 24.0 Å². The number of thiazole rings is 1. The van der Waals surface area contributed by atoms with Crippen molar-refractivity contribution in [3.63, 3.8) is 0 Å². The van der Waals surface area contributed by atoms with Crippen molar-refractivity contribution in [2.75, 3.05) is 11.2 Å². The maximum absolute atomic E-state index is 13.7. The molecule has 4 rings (SSSR count). The highest BCUT2D eigenvalue weighted by molar-refractivity contribution is 7.90. The number of aromatic nitrogens is 1. The molecule has 0 bridgehead atoms. The Labute approximate surface area is 200 Å². The lowest BCUT2D eigenvalue weighted by atomic mass is 10.1. The topological polar surface area (TPSA) is 110 Å². The normalized spacial score (nSPS) is 11.5. The van der Waals surface area contributed by atoms with Gasteiger partial charge in [0, 0.05) is 24.0 Å². The van der Waals surface area contributed by atoms with Gasteiger partial charge < -0.3 is 0 Å². The van der Waals surface area contributed by atoms with Gasteiger partial charge in [0.05, 0.1) is 26.6 Å². The largest absolute Gasteiger partial charge is 0.279 e. The minimum Gasteiger partial charge on any atom is -0.279 e. The number of fused-ring (bicyclic) bond motifs is 1. The second kappa shape index (κ2) is 8.96. The third kappa shape index (κ3) is 4.82. The molecule has 4 aromatic rings.